The largest absolute Gasteiger partial charge is 0.491 e. The molecule has 2 aromatic carbocycles. The number of rotatable bonds is 4. The molecule has 2 heterocycles. The Balaban J connectivity index is 1.69. The van der Waals surface area contributed by atoms with Gasteiger partial charge >= 0.3 is 0 Å². The van der Waals surface area contributed by atoms with Crippen LogP contribution >= 0.6 is 0 Å². The summed E-state index contributed by atoms with van der Waals surface area (Å²) < 4.78 is 41.1. The van der Waals surface area contributed by atoms with Gasteiger partial charge in [0, 0.05) is 34.6 Å². The summed E-state index contributed by atoms with van der Waals surface area (Å²) in [5, 5.41) is 6.41. The van der Waals surface area contributed by atoms with Gasteiger partial charge in [0.2, 0.25) is 5.95 Å². The molecule has 0 fully saturated rings. The lowest BCUT2D eigenvalue weighted by atomic mass is 10.1. The third kappa shape index (κ3) is 4.99. The van der Waals surface area contributed by atoms with Gasteiger partial charge in [-0.25, -0.2) is 18.4 Å². The van der Waals surface area contributed by atoms with E-state index in [-0.39, 0.29) is 5.75 Å². The number of nitrogens with zero attached hydrogens (tertiary/aromatic N) is 2. The fraction of sp³-hybridized carbons (Fsp3) is 0.304. The van der Waals surface area contributed by atoms with Crippen LogP contribution in [0.1, 0.15) is 26.2 Å². The fourth-order valence-electron chi connectivity index (χ4n) is 3.45. The Hall–Kier alpha value is -3.20. The average Bonchev–Trinajstić information content (AvgIpc) is 2.78. The number of aromatic nitrogens is 2. The average molecular weight is 456 g/mol. The number of hydrogen-bond donors (Lipinski definition) is 3. The maximum atomic E-state index is 14.5. The van der Waals surface area contributed by atoms with E-state index in [1.807, 2.05) is 13.0 Å². The second kappa shape index (κ2) is 9.52. The standard InChI is InChI=1S/C23H26FN5O2S/c1-2-11-31-21-9-8-16(13-20(21)24)19-15-27-23-28-17-6-5-7-18(14-17)32(25,30)12-4-3-10-26-22(19)29-23/h5-9,13-15,25H,2-4,10-12H2,1H3,(H2,26,27,28,29). The second-order valence-corrected chi connectivity index (χ2v) is 9.85. The van der Waals surface area contributed by atoms with Crippen molar-refractivity contribution in [3.63, 3.8) is 0 Å². The number of ether oxygens (including phenoxy) is 1. The van der Waals surface area contributed by atoms with Crippen LogP contribution in [0.4, 0.5) is 21.8 Å². The highest BCUT2D eigenvalue weighted by molar-refractivity contribution is 7.92. The molecule has 0 amide bonds. The van der Waals surface area contributed by atoms with Crippen molar-refractivity contribution in [2.75, 3.05) is 29.5 Å². The highest BCUT2D eigenvalue weighted by Crippen LogP contribution is 2.31. The molecule has 1 aromatic heterocycles. The summed E-state index contributed by atoms with van der Waals surface area (Å²) in [6, 6.07) is 11.8. The van der Waals surface area contributed by atoms with Crippen LogP contribution < -0.4 is 15.4 Å². The predicted molar refractivity (Wildman–Crippen MR) is 125 cm³/mol. The summed E-state index contributed by atoms with van der Waals surface area (Å²) >= 11 is 0. The lowest BCUT2D eigenvalue weighted by molar-refractivity contribution is 0.301. The first kappa shape index (κ1) is 22.0. The molecule has 1 unspecified atom stereocenters. The van der Waals surface area contributed by atoms with Crippen molar-refractivity contribution >= 4 is 27.2 Å². The molecule has 1 atom stereocenters. The van der Waals surface area contributed by atoms with Crippen LogP contribution in [0, 0.1) is 10.6 Å². The summed E-state index contributed by atoms with van der Waals surface area (Å²) in [6.07, 6.45) is 3.81. The lowest BCUT2D eigenvalue weighted by Gasteiger charge is -2.14. The van der Waals surface area contributed by atoms with Crippen LogP contribution in [0.5, 0.6) is 5.75 Å². The van der Waals surface area contributed by atoms with E-state index in [2.05, 4.69) is 20.6 Å². The van der Waals surface area contributed by atoms with Gasteiger partial charge in [-0.3, -0.25) is 0 Å². The van der Waals surface area contributed by atoms with E-state index in [1.54, 1.807) is 36.5 Å². The van der Waals surface area contributed by atoms with Gasteiger partial charge in [0.1, 0.15) is 5.82 Å². The van der Waals surface area contributed by atoms with Gasteiger partial charge in [-0.1, -0.05) is 19.1 Å². The summed E-state index contributed by atoms with van der Waals surface area (Å²) in [7, 11) is -2.86. The molecular weight excluding hydrogens is 429 g/mol. The van der Waals surface area contributed by atoms with Crippen molar-refractivity contribution < 1.29 is 13.3 Å². The predicted octanol–water partition coefficient (Wildman–Crippen LogP) is 5.43. The Morgan fingerprint density at radius 3 is 2.91 bits per heavy atom. The highest BCUT2D eigenvalue weighted by Gasteiger charge is 2.15. The number of halogens is 1. The SMILES string of the molecule is CCCOc1ccc(-c2cnc3nc2NCCCCS(=N)(=O)c2cccc(c2)N3)cc1F. The van der Waals surface area contributed by atoms with Crippen LogP contribution in [0.15, 0.2) is 53.6 Å². The molecule has 4 bridgehead atoms. The van der Waals surface area contributed by atoms with Crippen molar-refractivity contribution in [2.24, 2.45) is 0 Å². The Labute approximate surface area is 187 Å². The Morgan fingerprint density at radius 2 is 2.09 bits per heavy atom. The monoisotopic (exact) mass is 455 g/mol. The third-order valence-electron chi connectivity index (χ3n) is 5.12. The van der Waals surface area contributed by atoms with Crippen molar-refractivity contribution in [3.05, 3.63) is 54.5 Å². The van der Waals surface area contributed by atoms with Gasteiger partial charge in [0.05, 0.1) is 16.3 Å². The molecule has 1 aliphatic rings. The van der Waals surface area contributed by atoms with Crippen molar-refractivity contribution in [3.8, 4) is 16.9 Å². The van der Waals surface area contributed by atoms with E-state index >= 15 is 0 Å². The van der Waals surface area contributed by atoms with Gasteiger partial charge in [-0.15, -0.1) is 0 Å². The van der Waals surface area contributed by atoms with Gasteiger partial charge in [-0.05, 0) is 55.2 Å². The van der Waals surface area contributed by atoms with E-state index in [9.17, 15) is 8.60 Å². The summed E-state index contributed by atoms with van der Waals surface area (Å²) in [6.45, 7) is 3.01. The summed E-state index contributed by atoms with van der Waals surface area (Å²) in [5.74, 6) is 1.01. The van der Waals surface area contributed by atoms with Crippen molar-refractivity contribution in [1.29, 1.82) is 4.78 Å². The van der Waals surface area contributed by atoms with Gasteiger partial charge in [0.15, 0.2) is 11.6 Å². The molecule has 7 nitrogen and oxygen atoms in total. The molecule has 9 heteroatoms. The molecule has 0 saturated carbocycles. The van der Waals surface area contributed by atoms with E-state index in [1.165, 1.54) is 6.07 Å². The van der Waals surface area contributed by atoms with E-state index in [0.29, 0.717) is 58.8 Å². The molecule has 0 aliphatic carbocycles. The number of benzene rings is 2. The minimum Gasteiger partial charge on any atom is -0.491 e. The zero-order chi connectivity index (χ0) is 22.6. The molecule has 3 aromatic rings. The second-order valence-electron chi connectivity index (χ2n) is 7.62. The van der Waals surface area contributed by atoms with Crippen LogP contribution in [-0.2, 0) is 9.73 Å². The number of fused-ring (bicyclic) bond motifs is 4. The molecular formula is C23H26FN5O2S. The van der Waals surface area contributed by atoms with E-state index in [0.717, 1.165) is 12.8 Å². The van der Waals surface area contributed by atoms with Gasteiger partial charge < -0.3 is 15.4 Å². The van der Waals surface area contributed by atoms with Crippen LogP contribution in [0.2, 0.25) is 0 Å². The Morgan fingerprint density at radius 1 is 1.22 bits per heavy atom. The number of hydrogen-bond acceptors (Lipinski definition) is 7. The molecule has 32 heavy (non-hydrogen) atoms. The third-order valence-corrected chi connectivity index (χ3v) is 6.99. The minimum absolute atomic E-state index is 0.224. The van der Waals surface area contributed by atoms with Crippen LogP contribution in [-0.4, -0.2) is 33.1 Å². The molecule has 4 rings (SSSR count). The van der Waals surface area contributed by atoms with E-state index < -0.39 is 15.5 Å². The molecule has 3 N–H and O–H groups in total. The van der Waals surface area contributed by atoms with Crippen LogP contribution in [0.25, 0.3) is 11.1 Å². The quantitative estimate of drug-likeness (QED) is 0.485. The minimum atomic E-state index is -2.86. The molecule has 1 aliphatic heterocycles. The number of nitrogens with one attached hydrogen (secondary N) is 3. The maximum absolute atomic E-state index is 14.5. The number of anilines is 3. The first-order valence-corrected chi connectivity index (χ1v) is 12.4. The zero-order valence-corrected chi connectivity index (χ0v) is 18.7. The highest BCUT2D eigenvalue weighted by atomic mass is 32.2. The van der Waals surface area contributed by atoms with Gasteiger partial charge in [0.25, 0.3) is 0 Å². The Bertz CT molecular complexity index is 1220. The zero-order valence-electron chi connectivity index (χ0n) is 17.9. The molecule has 0 saturated heterocycles. The summed E-state index contributed by atoms with van der Waals surface area (Å²) in [5.41, 5.74) is 1.97. The van der Waals surface area contributed by atoms with Gasteiger partial charge in [-0.2, -0.15) is 4.98 Å². The fourth-order valence-corrected chi connectivity index (χ4v) is 4.91. The van der Waals surface area contributed by atoms with Crippen molar-refractivity contribution in [2.45, 2.75) is 31.1 Å². The first-order valence-electron chi connectivity index (χ1n) is 10.6. The van der Waals surface area contributed by atoms with E-state index in [4.69, 9.17) is 9.52 Å². The smallest absolute Gasteiger partial charge is 0.229 e. The molecule has 168 valence electrons. The van der Waals surface area contributed by atoms with Crippen LogP contribution in [0.3, 0.4) is 0 Å². The molecule has 0 spiro atoms. The first-order chi connectivity index (χ1) is 15.5. The lowest BCUT2D eigenvalue weighted by Crippen LogP contribution is -2.09. The molecule has 0 radical (unpaired) electrons. The van der Waals surface area contributed by atoms with Crippen molar-refractivity contribution in [1.82, 2.24) is 9.97 Å². The maximum Gasteiger partial charge on any atom is 0.229 e. The normalized spacial score (nSPS) is 18.3. The topological polar surface area (TPSA) is 100.0 Å². The Kier molecular flexibility index (Phi) is 6.55. The summed E-state index contributed by atoms with van der Waals surface area (Å²) in [4.78, 5) is 9.49.